The fourth-order valence-electron chi connectivity index (χ4n) is 2.47. The molecule has 0 unspecified atom stereocenters. The lowest BCUT2D eigenvalue weighted by Gasteiger charge is -2.18. The second-order valence-corrected chi connectivity index (χ2v) is 7.09. The first kappa shape index (κ1) is 18.0. The van der Waals surface area contributed by atoms with E-state index in [1.54, 1.807) is 6.08 Å². The van der Waals surface area contributed by atoms with E-state index in [-0.39, 0.29) is 11.3 Å². The Labute approximate surface area is 145 Å². The van der Waals surface area contributed by atoms with E-state index in [2.05, 4.69) is 62.5 Å². The summed E-state index contributed by atoms with van der Waals surface area (Å²) in [6.07, 6.45) is 5.40. The number of carbonyl (C=O) groups is 1. The van der Waals surface area contributed by atoms with Crippen LogP contribution in [0.1, 0.15) is 43.9 Å². The highest BCUT2D eigenvalue weighted by atomic mass is 16.1. The summed E-state index contributed by atoms with van der Waals surface area (Å²) in [5.74, 6) is -0.0389. The van der Waals surface area contributed by atoms with Gasteiger partial charge in [0.05, 0.1) is 0 Å². The molecule has 0 heterocycles. The summed E-state index contributed by atoms with van der Waals surface area (Å²) >= 11 is 0. The second kappa shape index (κ2) is 8.49. The van der Waals surface area contributed by atoms with E-state index >= 15 is 0 Å². The summed E-state index contributed by atoms with van der Waals surface area (Å²) in [4.78, 5) is 11.9. The highest BCUT2D eigenvalue weighted by Crippen LogP contribution is 2.22. The Hall–Kier alpha value is -2.35. The van der Waals surface area contributed by atoms with Crippen molar-refractivity contribution >= 4 is 12.0 Å². The molecule has 1 amide bonds. The molecule has 0 fully saturated rings. The smallest absolute Gasteiger partial charge is 0.243 e. The number of benzene rings is 2. The minimum Gasteiger partial charge on any atom is -0.353 e. The van der Waals surface area contributed by atoms with Gasteiger partial charge in [0, 0.05) is 12.6 Å². The van der Waals surface area contributed by atoms with Crippen LogP contribution in [0.4, 0.5) is 0 Å². The number of aryl methyl sites for hydroxylation is 1. The molecule has 0 saturated heterocycles. The lowest BCUT2D eigenvalue weighted by atomic mass is 9.87. The Morgan fingerprint density at radius 2 is 1.67 bits per heavy atom. The van der Waals surface area contributed by atoms with Gasteiger partial charge in [-0.3, -0.25) is 4.79 Å². The lowest BCUT2D eigenvalue weighted by molar-refractivity contribution is -0.116. The minimum atomic E-state index is -0.0389. The summed E-state index contributed by atoms with van der Waals surface area (Å²) in [7, 11) is 0. The maximum absolute atomic E-state index is 11.9. The van der Waals surface area contributed by atoms with Crippen LogP contribution in [0.2, 0.25) is 0 Å². The average Bonchev–Trinajstić information content (AvgIpc) is 2.57. The van der Waals surface area contributed by atoms with Crippen LogP contribution >= 0.6 is 0 Å². The predicted octanol–water partition coefficient (Wildman–Crippen LogP) is 4.75. The van der Waals surface area contributed by atoms with Gasteiger partial charge in [0.15, 0.2) is 0 Å². The molecule has 2 aromatic rings. The van der Waals surface area contributed by atoms with Gasteiger partial charge in [-0.1, -0.05) is 75.4 Å². The molecule has 0 aliphatic carbocycles. The Balaban J connectivity index is 1.74. The van der Waals surface area contributed by atoms with Crippen molar-refractivity contribution in [1.82, 2.24) is 5.32 Å². The van der Waals surface area contributed by atoms with Crippen molar-refractivity contribution in [1.29, 1.82) is 0 Å². The fourth-order valence-corrected chi connectivity index (χ4v) is 2.47. The molecule has 0 atom stereocenters. The largest absolute Gasteiger partial charge is 0.353 e. The minimum absolute atomic E-state index is 0.0389. The van der Waals surface area contributed by atoms with E-state index in [1.165, 1.54) is 11.1 Å². The molecule has 2 rings (SSSR count). The van der Waals surface area contributed by atoms with Crippen LogP contribution in [0.5, 0.6) is 0 Å². The Bertz CT molecular complexity index is 663. The predicted molar refractivity (Wildman–Crippen MR) is 102 cm³/mol. The zero-order valence-corrected chi connectivity index (χ0v) is 14.9. The van der Waals surface area contributed by atoms with Crippen LogP contribution < -0.4 is 5.32 Å². The molecule has 24 heavy (non-hydrogen) atoms. The van der Waals surface area contributed by atoms with Crippen molar-refractivity contribution in [2.24, 2.45) is 0 Å². The van der Waals surface area contributed by atoms with Crippen molar-refractivity contribution in [2.75, 3.05) is 6.54 Å². The molecule has 2 aromatic carbocycles. The van der Waals surface area contributed by atoms with Crippen LogP contribution in [0.25, 0.3) is 6.08 Å². The lowest BCUT2D eigenvalue weighted by Crippen LogP contribution is -2.22. The molecule has 0 radical (unpaired) electrons. The van der Waals surface area contributed by atoms with Crippen LogP contribution in [0, 0.1) is 0 Å². The zero-order valence-electron chi connectivity index (χ0n) is 14.9. The monoisotopic (exact) mass is 321 g/mol. The molecule has 1 N–H and O–H groups in total. The maximum atomic E-state index is 11.9. The van der Waals surface area contributed by atoms with Gasteiger partial charge in [0.1, 0.15) is 0 Å². The van der Waals surface area contributed by atoms with E-state index in [4.69, 9.17) is 0 Å². The number of hydrogen-bond acceptors (Lipinski definition) is 1. The topological polar surface area (TPSA) is 29.1 Å². The highest BCUT2D eigenvalue weighted by molar-refractivity contribution is 5.91. The summed E-state index contributed by atoms with van der Waals surface area (Å²) in [5, 5.41) is 2.93. The van der Waals surface area contributed by atoms with Crippen LogP contribution in [0.15, 0.2) is 60.7 Å². The SMILES string of the molecule is CC(C)(C)c1ccc(C=CC(=O)NCCCc2ccccc2)cc1. The number of hydrogen-bond donors (Lipinski definition) is 1. The normalized spacial score (nSPS) is 11.6. The fraction of sp³-hybridized carbons (Fsp3) is 0.318. The van der Waals surface area contributed by atoms with Gasteiger partial charge in [-0.15, -0.1) is 0 Å². The van der Waals surface area contributed by atoms with Crippen molar-refractivity contribution in [3.63, 3.8) is 0 Å². The molecular weight excluding hydrogens is 294 g/mol. The molecule has 2 heteroatoms. The second-order valence-electron chi connectivity index (χ2n) is 7.09. The molecule has 0 aliphatic heterocycles. The molecule has 0 saturated carbocycles. The first-order valence-corrected chi connectivity index (χ1v) is 8.55. The Morgan fingerprint density at radius 3 is 2.29 bits per heavy atom. The van der Waals surface area contributed by atoms with Gasteiger partial charge in [0.2, 0.25) is 5.91 Å². The molecule has 0 bridgehead atoms. The van der Waals surface area contributed by atoms with Crippen molar-refractivity contribution in [3.05, 3.63) is 77.4 Å². The summed E-state index contributed by atoms with van der Waals surface area (Å²) in [5.41, 5.74) is 3.80. The molecule has 0 aromatic heterocycles. The highest BCUT2D eigenvalue weighted by Gasteiger charge is 2.12. The number of nitrogens with one attached hydrogen (secondary N) is 1. The molecule has 0 aliphatic rings. The van der Waals surface area contributed by atoms with E-state index in [0.29, 0.717) is 6.54 Å². The summed E-state index contributed by atoms with van der Waals surface area (Å²) in [6, 6.07) is 18.7. The van der Waals surface area contributed by atoms with E-state index in [0.717, 1.165) is 18.4 Å². The molecule has 0 spiro atoms. The Morgan fingerprint density at radius 1 is 1.00 bits per heavy atom. The number of rotatable bonds is 6. The van der Waals surface area contributed by atoms with Crippen molar-refractivity contribution < 1.29 is 4.79 Å². The van der Waals surface area contributed by atoms with Gasteiger partial charge in [-0.25, -0.2) is 0 Å². The maximum Gasteiger partial charge on any atom is 0.243 e. The third kappa shape index (κ3) is 6.04. The molecular formula is C22H27NO. The van der Waals surface area contributed by atoms with Gasteiger partial charge in [0.25, 0.3) is 0 Å². The van der Waals surface area contributed by atoms with Crippen LogP contribution in [0.3, 0.4) is 0 Å². The summed E-state index contributed by atoms with van der Waals surface area (Å²) < 4.78 is 0. The van der Waals surface area contributed by atoms with Gasteiger partial charge < -0.3 is 5.32 Å². The number of carbonyl (C=O) groups excluding carboxylic acids is 1. The van der Waals surface area contributed by atoms with Crippen molar-refractivity contribution in [2.45, 2.75) is 39.0 Å². The quantitative estimate of drug-likeness (QED) is 0.604. The first-order chi connectivity index (χ1) is 11.4. The zero-order chi connectivity index (χ0) is 17.4. The van der Waals surface area contributed by atoms with Crippen molar-refractivity contribution in [3.8, 4) is 0 Å². The van der Waals surface area contributed by atoms with Gasteiger partial charge in [-0.05, 0) is 41.0 Å². The third-order valence-corrected chi connectivity index (χ3v) is 3.99. The molecule has 2 nitrogen and oxygen atoms in total. The molecule has 126 valence electrons. The van der Waals surface area contributed by atoms with Crippen LogP contribution in [-0.4, -0.2) is 12.5 Å². The third-order valence-electron chi connectivity index (χ3n) is 3.99. The van der Waals surface area contributed by atoms with Gasteiger partial charge in [-0.2, -0.15) is 0 Å². The summed E-state index contributed by atoms with van der Waals surface area (Å²) in [6.45, 7) is 7.28. The Kier molecular flexibility index (Phi) is 6.36. The van der Waals surface area contributed by atoms with E-state index in [9.17, 15) is 4.79 Å². The van der Waals surface area contributed by atoms with Crippen LogP contribution in [-0.2, 0) is 16.6 Å². The standard InChI is InChI=1S/C22H27NO/c1-22(2,3)20-14-11-19(12-15-20)13-16-21(24)23-17-7-10-18-8-5-4-6-9-18/h4-6,8-9,11-16H,7,10,17H2,1-3H3,(H,23,24). The van der Waals surface area contributed by atoms with E-state index < -0.39 is 0 Å². The average molecular weight is 321 g/mol. The number of amides is 1. The van der Waals surface area contributed by atoms with Gasteiger partial charge >= 0.3 is 0 Å². The van der Waals surface area contributed by atoms with E-state index in [1.807, 2.05) is 24.3 Å². The first-order valence-electron chi connectivity index (χ1n) is 8.55.